The molecule has 1 saturated carbocycles. The van der Waals surface area contributed by atoms with Crippen molar-refractivity contribution in [1.82, 2.24) is 5.32 Å². The summed E-state index contributed by atoms with van der Waals surface area (Å²) in [6, 6.07) is 1.86. The molecule has 1 fully saturated rings. The van der Waals surface area contributed by atoms with Gasteiger partial charge in [0.25, 0.3) is 5.91 Å². The van der Waals surface area contributed by atoms with Gasteiger partial charge in [-0.3, -0.25) is 4.79 Å². The van der Waals surface area contributed by atoms with E-state index in [0.29, 0.717) is 11.3 Å². The molecule has 0 spiro atoms. The number of nitrogens with one attached hydrogen (secondary N) is 1. The van der Waals surface area contributed by atoms with E-state index in [0.717, 1.165) is 12.1 Å². The van der Waals surface area contributed by atoms with Crippen molar-refractivity contribution in [2.75, 3.05) is 13.2 Å². The van der Waals surface area contributed by atoms with Gasteiger partial charge in [-0.15, -0.1) is 11.3 Å². The first-order valence-electron chi connectivity index (χ1n) is 6.60. The molecule has 4 heteroatoms. The van der Waals surface area contributed by atoms with E-state index in [1.54, 1.807) is 0 Å². The lowest BCUT2D eigenvalue weighted by Gasteiger charge is -2.38. The molecule has 3 nitrogen and oxygen atoms in total. The largest absolute Gasteiger partial charge is 0.395 e. The van der Waals surface area contributed by atoms with E-state index in [9.17, 15) is 4.79 Å². The molecule has 1 amide bonds. The minimum absolute atomic E-state index is 0.0311. The molecule has 0 aliphatic heterocycles. The van der Waals surface area contributed by atoms with E-state index < -0.39 is 0 Å². The first-order valence-corrected chi connectivity index (χ1v) is 7.48. The number of amides is 1. The molecule has 0 unspecified atom stereocenters. The highest BCUT2D eigenvalue weighted by atomic mass is 32.1. The Morgan fingerprint density at radius 1 is 1.58 bits per heavy atom. The van der Waals surface area contributed by atoms with Crippen LogP contribution in [0.1, 0.15) is 47.8 Å². The van der Waals surface area contributed by atoms with Crippen LogP contribution in [0, 0.1) is 17.3 Å². The number of carbonyl (C=O) groups is 1. The molecule has 2 N–H and O–H groups in total. The number of aliphatic hydroxyl groups is 1. The van der Waals surface area contributed by atoms with Crippen LogP contribution in [0.2, 0.25) is 0 Å². The highest BCUT2D eigenvalue weighted by molar-refractivity contribution is 7.12. The van der Waals surface area contributed by atoms with Gasteiger partial charge in [-0.05, 0) is 29.7 Å². The number of rotatable bonds is 4. The standard InChI is InChI=1S/C15H19NO2S/c1-15(7-4-8-15)11-16-14(18)13-12(6-10-19-13)5-2-3-9-17/h6,10,17H,3-4,7-9,11H2,1H3,(H,16,18). The summed E-state index contributed by atoms with van der Waals surface area (Å²) >= 11 is 1.41. The van der Waals surface area contributed by atoms with Crippen LogP contribution in [0.15, 0.2) is 11.4 Å². The molecule has 1 heterocycles. The van der Waals surface area contributed by atoms with Crippen molar-refractivity contribution in [2.24, 2.45) is 5.41 Å². The molecule has 0 radical (unpaired) electrons. The molecule has 1 aliphatic rings. The van der Waals surface area contributed by atoms with Crippen molar-refractivity contribution in [3.63, 3.8) is 0 Å². The Morgan fingerprint density at radius 3 is 3.00 bits per heavy atom. The van der Waals surface area contributed by atoms with E-state index in [4.69, 9.17) is 5.11 Å². The molecular formula is C15H19NO2S. The Bertz CT molecular complexity index is 506. The van der Waals surface area contributed by atoms with Gasteiger partial charge in [-0.1, -0.05) is 25.2 Å². The molecule has 1 aromatic rings. The number of aliphatic hydroxyl groups excluding tert-OH is 1. The number of hydrogen-bond acceptors (Lipinski definition) is 3. The van der Waals surface area contributed by atoms with E-state index in [-0.39, 0.29) is 17.9 Å². The third-order valence-electron chi connectivity index (χ3n) is 3.57. The van der Waals surface area contributed by atoms with Crippen molar-refractivity contribution in [2.45, 2.75) is 32.6 Å². The van der Waals surface area contributed by atoms with Gasteiger partial charge in [0.2, 0.25) is 0 Å². The van der Waals surface area contributed by atoms with Gasteiger partial charge in [0.05, 0.1) is 6.61 Å². The zero-order valence-corrected chi connectivity index (χ0v) is 12.0. The summed E-state index contributed by atoms with van der Waals surface area (Å²) in [5.41, 5.74) is 1.05. The van der Waals surface area contributed by atoms with Crippen LogP contribution < -0.4 is 5.32 Å². The second-order valence-corrected chi connectivity index (χ2v) is 6.20. The zero-order valence-electron chi connectivity index (χ0n) is 11.2. The molecule has 1 aliphatic carbocycles. The fourth-order valence-corrected chi connectivity index (χ4v) is 2.89. The smallest absolute Gasteiger partial charge is 0.262 e. The number of carbonyl (C=O) groups excluding carboxylic acids is 1. The fraction of sp³-hybridized carbons (Fsp3) is 0.533. The zero-order chi connectivity index (χ0) is 13.7. The Hall–Kier alpha value is -1.31. The summed E-state index contributed by atoms with van der Waals surface area (Å²) in [6.45, 7) is 3.01. The maximum atomic E-state index is 12.1. The van der Waals surface area contributed by atoms with Gasteiger partial charge in [-0.2, -0.15) is 0 Å². The summed E-state index contributed by atoms with van der Waals surface area (Å²) in [5, 5.41) is 13.6. The fourth-order valence-electron chi connectivity index (χ4n) is 2.13. The lowest BCUT2D eigenvalue weighted by molar-refractivity contribution is 0.0894. The van der Waals surface area contributed by atoms with E-state index >= 15 is 0 Å². The van der Waals surface area contributed by atoms with Gasteiger partial charge < -0.3 is 10.4 Å². The van der Waals surface area contributed by atoms with Gasteiger partial charge in [0.15, 0.2) is 0 Å². The molecule has 1 aromatic heterocycles. The van der Waals surface area contributed by atoms with Crippen LogP contribution in [0.5, 0.6) is 0 Å². The Kier molecular flexibility index (Phi) is 4.62. The summed E-state index contributed by atoms with van der Waals surface area (Å²) in [5.74, 6) is 5.76. The maximum Gasteiger partial charge on any atom is 0.262 e. The lowest BCUT2D eigenvalue weighted by Crippen LogP contribution is -2.39. The van der Waals surface area contributed by atoms with Crippen molar-refractivity contribution in [3.8, 4) is 11.8 Å². The third-order valence-corrected chi connectivity index (χ3v) is 4.48. The summed E-state index contributed by atoms with van der Waals surface area (Å²) in [7, 11) is 0. The number of hydrogen-bond donors (Lipinski definition) is 2. The van der Waals surface area contributed by atoms with Crippen LogP contribution in [-0.4, -0.2) is 24.2 Å². The summed E-state index contributed by atoms with van der Waals surface area (Å²) < 4.78 is 0. The minimum Gasteiger partial charge on any atom is -0.395 e. The van der Waals surface area contributed by atoms with Crippen LogP contribution in [0.4, 0.5) is 0 Å². The average molecular weight is 277 g/mol. The molecule has 2 rings (SSSR count). The van der Waals surface area contributed by atoms with Gasteiger partial charge in [-0.25, -0.2) is 0 Å². The average Bonchev–Trinajstić information content (AvgIpc) is 2.82. The molecule has 102 valence electrons. The highest BCUT2D eigenvalue weighted by Gasteiger charge is 2.32. The van der Waals surface area contributed by atoms with Crippen LogP contribution in [0.3, 0.4) is 0 Å². The summed E-state index contributed by atoms with van der Waals surface area (Å²) in [6.07, 6.45) is 4.10. The molecule has 0 aromatic carbocycles. The van der Waals surface area contributed by atoms with Crippen LogP contribution >= 0.6 is 11.3 Å². The van der Waals surface area contributed by atoms with Gasteiger partial charge in [0, 0.05) is 18.5 Å². The second-order valence-electron chi connectivity index (χ2n) is 5.29. The van der Waals surface area contributed by atoms with Crippen LogP contribution in [0.25, 0.3) is 0 Å². The van der Waals surface area contributed by atoms with E-state index in [2.05, 4.69) is 24.1 Å². The van der Waals surface area contributed by atoms with Gasteiger partial charge in [0.1, 0.15) is 4.88 Å². The highest BCUT2D eigenvalue weighted by Crippen LogP contribution is 2.39. The Balaban J connectivity index is 1.96. The number of thiophene rings is 1. The molecule has 0 bridgehead atoms. The first-order chi connectivity index (χ1) is 9.14. The SMILES string of the molecule is CC1(CNC(=O)c2sccc2C#CCCO)CCC1. The predicted octanol–water partition coefficient (Wildman–Crippen LogP) is 2.40. The quantitative estimate of drug-likeness (QED) is 0.830. The lowest BCUT2D eigenvalue weighted by atomic mass is 9.70. The Morgan fingerprint density at radius 2 is 2.37 bits per heavy atom. The normalized spacial score (nSPS) is 16.1. The van der Waals surface area contributed by atoms with Crippen molar-refractivity contribution >= 4 is 17.2 Å². The topological polar surface area (TPSA) is 49.3 Å². The maximum absolute atomic E-state index is 12.1. The molecule has 0 saturated heterocycles. The van der Waals surface area contributed by atoms with Crippen molar-refractivity contribution in [1.29, 1.82) is 0 Å². The van der Waals surface area contributed by atoms with Crippen molar-refractivity contribution < 1.29 is 9.90 Å². The monoisotopic (exact) mass is 277 g/mol. The van der Waals surface area contributed by atoms with Crippen LogP contribution in [-0.2, 0) is 0 Å². The van der Waals surface area contributed by atoms with Crippen molar-refractivity contribution in [3.05, 3.63) is 21.9 Å². The molecular weight excluding hydrogens is 258 g/mol. The predicted molar refractivity (Wildman–Crippen MR) is 77.2 cm³/mol. The van der Waals surface area contributed by atoms with E-state index in [1.165, 1.54) is 30.6 Å². The third kappa shape index (κ3) is 3.59. The second kappa shape index (κ2) is 6.23. The Labute approximate surface area is 118 Å². The minimum atomic E-state index is -0.0311. The molecule has 0 atom stereocenters. The van der Waals surface area contributed by atoms with E-state index in [1.807, 2.05) is 11.4 Å². The summed E-state index contributed by atoms with van der Waals surface area (Å²) in [4.78, 5) is 12.8. The first kappa shape index (κ1) is 14.1. The molecule has 19 heavy (non-hydrogen) atoms. The van der Waals surface area contributed by atoms with Gasteiger partial charge >= 0.3 is 0 Å².